The molecule has 1 aliphatic rings. The summed E-state index contributed by atoms with van der Waals surface area (Å²) >= 11 is 3.48. The zero-order valence-electron chi connectivity index (χ0n) is 10.3. The molecule has 0 radical (unpaired) electrons. The molecule has 1 aromatic heterocycles. The molecular formula is C13H18BrN3. The summed E-state index contributed by atoms with van der Waals surface area (Å²) in [4.78, 5) is 6.92. The number of hydrogen-bond donors (Lipinski definition) is 1. The minimum Gasteiger partial charge on any atom is -0.352 e. The van der Waals surface area contributed by atoms with Crippen molar-refractivity contribution in [2.24, 2.45) is 0 Å². The number of hydrogen-bond acceptors (Lipinski definition) is 3. The Hall–Kier alpha value is -0.870. The molecule has 92 valence electrons. The molecule has 1 aromatic rings. The predicted molar refractivity (Wildman–Crippen MR) is 75.3 cm³/mol. The van der Waals surface area contributed by atoms with Crippen molar-refractivity contribution in [1.82, 2.24) is 10.3 Å². The highest BCUT2D eigenvalue weighted by molar-refractivity contribution is 9.10. The molecule has 0 atom stereocenters. The van der Waals surface area contributed by atoms with Crippen LogP contribution in [0.15, 0.2) is 28.4 Å². The van der Waals surface area contributed by atoms with Crippen molar-refractivity contribution in [1.29, 1.82) is 0 Å². The van der Waals surface area contributed by atoms with Crippen LogP contribution in [0.2, 0.25) is 0 Å². The third kappa shape index (κ3) is 3.07. The maximum atomic E-state index is 4.57. The first-order chi connectivity index (χ1) is 8.20. The van der Waals surface area contributed by atoms with Gasteiger partial charge in [0.05, 0.1) is 0 Å². The molecule has 2 rings (SSSR count). The molecule has 2 heterocycles. The van der Waals surface area contributed by atoms with E-state index in [2.05, 4.69) is 50.2 Å². The first-order valence-corrected chi connectivity index (χ1v) is 6.69. The molecule has 0 aliphatic carbocycles. The van der Waals surface area contributed by atoms with Crippen LogP contribution >= 0.6 is 15.9 Å². The molecule has 1 N–H and O–H groups in total. The van der Waals surface area contributed by atoms with E-state index in [-0.39, 0.29) is 0 Å². The van der Waals surface area contributed by atoms with Gasteiger partial charge in [0.15, 0.2) is 0 Å². The summed E-state index contributed by atoms with van der Waals surface area (Å²) in [5.41, 5.74) is 2.67. The standard InChI is InChI=1S/C13H18BrN3/c1-10-4-3-5-17(9-10)13-11(7-15-2)6-12(14)8-16-13/h4,6,8,15H,3,5,7,9H2,1-2H3. The van der Waals surface area contributed by atoms with Crippen molar-refractivity contribution in [3.05, 3.63) is 33.9 Å². The number of nitrogens with one attached hydrogen (secondary N) is 1. The molecule has 0 spiro atoms. The first kappa shape index (κ1) is 12.6. The van der Waals surface area contributed by atoms with Crippen LogP contribution in [0, 0.1) is 0 Å². The van der Waals surface area contributed by atoms with Crippen molar-refractivity contribution in [2.75, 3.05) is 25.0 Å². The van der Waals surface area contributed by atoms with Crippen molar-refractivity contribution in [2.45, 2.75) is 19.9 Å². The van der Waals surface area contributed by atoms with Gasteiger partial charge in [0.2, 0.25) is 0 Å². The quantitative estimate of drug-likeness (QED) is 0.869. The SMILES string of the molecule is CNCc1cc(Br)cnc1N1CCC=C(C)C1. The summed E-state index contributed by atoms with van der Waals surface area (Å²) in [7, 11) is 1.96. The second-order valence-corrected chi connectivity index (χ2v) is 5.34. The van der Waals surface area contributed by atoms with E-state index in [1.807, 2.05) is 13.2 Å². The number of aromatic nitrogens is 1. The lowest BCUT2D eigenvalue weighted by Crippen LogP contribution is -2.31. The Morgan fingerprint density at radius 2 is 2.35 bits per heavy atom. The normalized spacial score (nSPS) is 15.9. The maximum absolute atomic E-state index is 4.57. The molecule has 0 saturated heterocycles. The summed E-state index contributed by atoms with van der Waals surface area (Å²) in [5.74, 6) is 1.11. The van der Waals surface area contributed by atoms with E-state index in [1.165, 1.54) is 11.1 Å². The number of halogens is 1. The van der Waals surface area contributed by atoms with Gasteiger partial charge in [0.1, 0.15) is 5.82 Å². The Kier molecular flexibility index (Phi) is 4.18. The molecule has 0 bridgehead atoms. The monoisotopic (exact) mass is 295 g/mol. The molecule has 4 heteroatoms. The smallest absolute Gasteiger partial charge is 0.133 e. The number of nitrogens with zero attached hydrogens (tertiary/aromatic N) is 2. The lowest BCUT2D eigenvalue weighted by molar-refractivity contribution is 0.751. The van der Waals surface area contributed by atoms with Crippen LogP contribution in [0.25, 0.3) is 0 Å². The molecule has 17 heavy (non-hydrogen) atoms. The zero-order chi connectivity index (χ0) is 12.3. The van der Waals surface area contributed by atoms with Gasteiger partial charge in [-0.05, 0) is 42.4 Å². The van der Waals surface area contributed by atoms with Crippen molar-refractivity contribution in [3.63, 3.8) is 0 Å². The average molecular weight is 296 g/mol. The number of anilines is 1. The van der Waals surface area contributed by atoms with E-state index < -0.39 is 0 Å². The third-order valence-corrected chi connectivity index (χ3v) is 3.34. The van der Waals surface area contributed by atoms with Gasteiger partial charge in [-0.1, -0.05) is 11.6 Å². The summed E-state index contributed by atoms with van der Waals surface area (Å²) in [6.45, 7) is 5.08. The van der Waals surface area contributed by atoms with Crippen LogP contribution in [0.3, 0.4) is 0 Å². The second kappa shape index (κ2) is 5.65. The zero-order valence-corrected chi connectivity index (χ0v) is 11.9. The predicted octanol–water partition coefficient (Wildman–Crippen LogP) is 2.72. The van der Waals surface area contributed by atoms with Crippen LogP contribution in [0.5, 0.6) is 0 Å². The largest absolute Gasteiger partial charge is 0.352 e. The molecule has 0 amide bonds. The summed E-state index contributed by atoms with van der Waals surface area (Å²) in [6.07, 6.45) is 5.30. The number of pyridine rings is 1. The average Bonchev–Trinajstić information content (AvgIpc) is 2.29. The lowest BCUT2D eigenvalue weighted by Gasteiger charge is -2.29. The van der Waals surface area contributed by atoms with Crippen LogP contribution in [0.4, 0.5) is 5.82 Å². The van der Waals surface area contributed by atoms with Gasteiger partial charge in [-0.15, -0.1) is 0 Å². The summed E-state index contributed by atoms with van der Waals surface area (Å²) in [6, 6.07) is 2.15. The maximum Gasteiger partial charge on any atom is 0.133 e. The molecule has 0 saturated carbocycles. The number of rotatable bonds is 3. The van der Waals surface area contributed by atoms with Crippen LogP contribution in [-0.2, 0) is 6.54 Å². The third-order valence-electron chi connectivity index (χ3n) is 2.91. The summed E-state index contributed by atoms with van der Waals surface area (Å²) in [5, 5.41) is 3.20. The minimum absolute atomic E-state index is 0.848. The van der Waals surface area contributed by atoms with Crippen molar-refractivity contribution in [3.8, 4) is 0 Å². The van der Waals surface area contributed by atoms with Crippen molar-refractivity contribution < 1.29 is 0 Å². The topological polar surface area (TPSA) is 28.2 Å². The highest BCUT2D eigenvalue weighted by Crippen LogP contribution is 2.24. The van der Waals surface area contributed by atoms with E-state index in [0.29, 0.717) is 0 Å². The highest BCUT2D eigenvalue weighted by Gasteiger charge is 2.15. The summed E-state index contributed by atoms with van der Waals surface area (Å²) < 4.78 is 1.04. The van der Waals surface area contributed by atoms with E-state index in [1.54, 1.807) is 0 Å². The fraction of sp³-hybridized carbons (Fsp3) is 0.462. The van der Waals surface area contributed by atoms with Gasteiger partial charge in [-0.25, -0.2) is 4.98 Å². The Morgan fingerprint density at radius 1 is 1.53 bits per heavy atom. The van der Waals surface area contributed by atoms with Gasteiger partial charge in [0.25, 0.3) is 0 Å². The van der Waals surface area contributed by atoms with E-state index >= 15 is 0 Å². The fourth-order valence-corrected chi connectivity index (χ4v) is 2.55. The fourth-order valence-electron chi connectivity index (χ4n) is 2.17. The van der Waals surface area contributed by atoms with Gasteiger partial charge < -0.3 is 10.2 Å². The Balaban J connectivity index is 2.27. The second-order valence-electron chi connectivity index (χ2n) is 4.43. The molecule has 3 nitrogen and oxygen atoms in total. The van der Waals surface area contributed by atoms with Gasteiger partial charge in [-0.3, -0.25) is 0 Å². The Morgan fingerprint density at radius 3 is 3.06 bits per heavy atom. The van der Waals surface area contributed by atoms with Gasteiger partial charge in [-0.2, -0.15) is 0 Å². The van der Waals surface area contributed by atoms with Gasteiger partial charge in [0, 0.05) is 35.9 Å². The highest BCUT2D eigenvalue weighted by atomic mass is 79.9. The van der Waals surface area contributed by atoms with Crippen molar-refractivity contribution >= 4 is 21.7 Å². The van der Waals surface area contributed by atoms with Crippen LogP contribution in [-0.4, -0.2) is 25.1 Å². The lowest BCUT2D eigenvalue weighted by atomic mass is 10.1. The molecule has 0 fully saturated rings. The van der Waals surface area contributed by atoms with Crippen LogP contribution < -0.4 is 10.2 Å². The van der Waals surface area contributed by atoms with E-state index in [0.717, 1.165) is 36.3 Å². The molecule has 1 aliphatic heterocycles. The van der Waals surface area contributed by atoms with Gasteiger partial charge >= 0.3 is 0 Å². The van der Waals surface area contributed by atoms with E-state index in [4.69, 9.17) is 0 Å². The molecular weight excluding hydrogens is 278 g/mol. The molecule has 0 aromatic carbocycles. The minimum atomic E-state index is 0.848. The Labute approximate surface area is 111 Å². The Bertz CT molecular complexity index is 429. The van der Waals surface area contributed by atoms with Crippen LogP contribution in [0.1, 0.15) is 18.9 Å². The molecule has 0 unspecified atom stereocenters. The first-order valence-electron chi connectivity index (χ1n) is 5.90. The van der Waals surface area contributed by atoms with E-state index in [9.17, 15) is 0 Å².